The Hall–Kier alpha value is -0.570. The number of nitrogens with zero attached hydrogens (tertiary/aromatic N) is 1. The van der Waals surface area contributed by atoms with Crippen molar-refractivity contribution in [2.24, 2.45) is 29.4 Å². The molecule has 3 nitrogen and oxygen atoms in total. The number of hydrogen-bond donors (Lipinski definition) is 1. The molecule has 118 valence electrons. The zero-order valence-corrected chi connectivity index (χ0v) is 13.3. The van der Waals surface area contributed by atoms with E-state index in [9.17, 15) is 4.79 Å². The number of fused-ring (bicyclic) bond motifs is 2. The van der Waals surface area contributed by atoms with Crippen molar-refractivity contribution in [1.29, 1.82) is 0 Å². The molecular formula is C18H30N2O. The summed E-state index contributed by atoms with van der Waals surface area (Å²) in [6, 6.07) is 1.43. The van der Waals surface area contributed by atoms with Gasteiger partial charge in [-0.05, 0) is 76.0 Å². The average molecular weight is 290 g/mol. The van der Waals surface area contributed by atoms with Gasteiger partial charge in [-0.1, -0.05) is 6.42 Å². The fraction of sp³-hybridized carbons (Fsp3) is 0.944. The first kappa shape index (κ1) is 14.0. The number of carbonyl (C=O) groups is 1. The summed E-state index contributed by atoms with van der Waals surface area (Å²) in [7, 11) is 0. The van der Waals surface area contributed by atoms with E-state index in [0.717, 1.165) is 18.8 Å². The molecule has 3 atom stereocenters. The normalized spacial score (nSPS) is 40.7. The minimum Gasteiger partial charge on any atom is -0.336 e. The van der Waals surface area contributed by atoms with Gasteiger partial charge in [0, 0.05) is 24.0 Å². The second-order valence-electron chi connectivity index (χ2n) is 8.25. The van der Waals surface area contributed by atoms with Crippen molar-refractivity contribution in [2.45, 2.75) is 82.8 Å². The van der Waals surface area contributed by atoms with Crippen LogP contribution in [0.3, 0.4) is 0 Å². The summed E-state index contributed by atoms with van der Waals surface area (Å²) in [5, 5.41) is 0. The first-order valence-electron chi connectivity index (χ1n) is 9.23. The van der Waals surface area contributed by atoms with Gasteiger partial charge in [-0.25, -0.2) is 0 Å². The highest BCUT2D eigenvalue weighted by Crippen LogP contribution is 2.45. The summed E-state index contributed by atoms with van der Waals surface area (Å²) in [6.07, 6.45) is 11.1. The molecule has 3 heteroatoms. The second-order valence-corrected chi connectivity index (χ2v) is 8.25. The molecule has 0 aliphatic heterocycles. The molecule has 0 aromatic heterocycles. The van der Waals surface area contributed by atoms with Crippen LogP contribution in [0.2, 0.25) is 0 Å². The number of rotatable bonds is 4. The molecule has 1 amide bonds. The van der Waals surface area contributed by atoms with Crippen LogP contribution in [0.25, 0.3) is 0 Å². The number of carbonyl (C=O) groups excluding carboxylic acids is 1. The van der Waals surface area contributed by atoms with Crippen LogP contribution in [-0.4, -0.2) is 28.9 Å². The topological polar surface area (TPSA) is 46.3 Å². The Labute approximate surface area is 128 Å². The van der Waals surface area contributed by atoms with Gasteiger partial charge in [-0.3, -0.25) is 4.79 Å². The molecule has 3 unspecified atom stereocenters. The molecule has 4 fully saturated rings. The molecule has 0 saturated heterocycles. The summed E-state index contributed by atoms with van der Waals surface area (Å²) < 4.78 is 0. The van der Waals surface area contributed by atoms with E-state index in [1.54, 1.807) is 0 Å². The fourth-order valence-corrected chi connectivity index (χ4v) is 5.07. The molecule has 4 aliphatic rings. The molecule has 4 rings (SSSR count). The first-order chi connectivity index (χ1) is 10.1. The molecule has 21 heavy (non-hydrogen) atoms. The van der Waals surface area contributed by atoms with Crippen LogP contribution in [0.4, 0.5) is 0 Å². The Morgan fingerprint density at radius 2 is 1.67 bits per heavy atom. The smallest absolute Gasteiger partial charge is 0.226 e. The number of hydrogen-bond acceptors (Lipinski definition) is 2. The standard InChI is InChI=1S/C18H30N2O/c1-11(12-5-6-12)20(16-7-8-16)18(21)15-9-13-3-2-4-14(10-15)17(13)19/h11-17H,2-10,19H2,1H3. The van der Waals surface area contributed by atoms with Gasteiger partial charge in [-0.2, -0.15) is 0 Å². The van der Waals surface area contributed by atoms with E-state index in [1.165, 1.54) is 44.9 Å². The molecule has 0 spiro atoms. The highest BCUT2D eigenvalue weighted by atomic mass is 16.2. The van der Waals surface area contributed by atoms with Gasteiger partial charge in [0.25, 0.3) is 0 Å². The predicted molar refractivity (Wildman–Crippen MR) is 83.6 cm³/mol. The van der Waals surface area contributed by atoms with Gasteiger partial charge in [0.15, 0.2) is 0 Å². The molecule has 0 aromatic carbocycles. The van der Waals surface area contributed by atoms with E-state index in [2.05, 4.69) is 11.8 Å². The Bertz CT molecular complexity index is 401. The molecule has 0 aromatic rings. The van der Waals surface area contributed by atoms with Crippen LogP contribution >= 0.6 is 0 Å². The van der Waals surface area contributed by atoms with Crippen LogP contribution < -0.4 is 5.73 Å². The lowest BCUT2D eigenvalue weighted by atomic mass is 9.65. The Kier molecular flexibility index (Phi) is 3.52. The van der Waals surface area contributed by atoms with Crippen LogP contribution in [0.15, 0.2) is 0 Å². The molecule has 4 aliphatic carbocycles. The monoisotopic (exact) mass is 290 g/mol. The average Bonchev–Trinajstić information content (AvgIpc) is 3.31. The second kappa shape index (κ2) is 5.26. The Morgan fingerprint density at radius 1 is 1.05 bits per heavy atom. The summed E-state index contributed by atoms with van der Waals surface area (Å²) in [5.41, 5.74) is 6.39. The molecule has 2 N–H and O–H groups in total. The van der Waals surface area contributed by atoms with Crippen LogP contribution in [0, 0.1) is 23.7 Å². The highest BCUT2D eigenvalue weighted by molar-refractivity contribution is 5.80. The quantitative estimate of drug-likeness (QED) is 0.865. The summed E-state index contributed by atoms with van der Waals surface area (Å²) >= 11 is 0. The minimum atomic E-state index is 0.280. The maximum absolute atomic E-state index is 13.2. The van der Waals surface area contributed by atoms with Gasteiger partial charge < -0.3 is 10.6 Å². The molecule has 0 radical (unpaired) electrons. The maximum Gasteiger partial charge on any atom is 0.226 e. The van der Waals surface area contributed by atoms with Crippen molar-refractivity contribution < 1.29 is 4.79 Å². The van der Waals surface area contributed by atoms with Crippen LogP contribution in [0.1, 0.15) is 64.7 Å². The summed E-state index contributed by atoms with van der Waals surface area (Å²) in [6.45, 7) is 2.29. The van der Waals surface area contributed by atoms with Crippen molar-refractivity contribution in [1.82, 2.24) is 4.90 Å². The van der Waals surface area contributed by atoms with E-state index < -0.39 is 0 Å². The van der Waals surface area contributed by atoms with Crippen LogP contribution in [-0.2, 0) is 4.79 Å². The van der Waals surface area contributed by atoms with Crippen molar-refractivity contribution in [3.63, 3.8) is 0 Å². The zero-order valence-electron chi connectivity index (χ0n) is 13.3. The van der Waals surface area contributed by atoms with Crippen molar-refractivity contribution in [3.8, 4) is 0 Å². The lowest BCUT2D eigenvalue weighted by Crippen LogP contribution is -2.51. The van der Waals surface area contributed by atoms with E-state index in [4.69, 9.17) is 5.73 Å². The highest BCUT2D eigenvalue weighted by Gasteiger charge is 2.47. The Balaban J connectivity index is 1.48. The third-order valence-corrected chi connectivity index (χ3v) is 6.70. The van der Waals surface area contributed by atoms with Gasteiger partial charge in [0.05, 0.1) is 0 Å². The molecule has 4 saturated carbocycles. The third kappa shape index (κ3) is 2.62. The van der Waals surface area contributed by atoms with E-state index in [1.807, 2.05) is 0 Å². The summed E-state index contributed by atoms with van der Waals surface area (Å²) in [4.78, 5) is 15.5. The van der Waals surface area contributed by atoms with Gasteiger partial charge >= 0.3 is 0 Å². The maximum atomic E-state index is 13.2. The Morgan fingerprint density at radius 3 is 2.19 bits per heavy atom. The number of amides is 1. The molecular weight excluding hydrogens is 260 g/mol. The van der Waals surface area contributed by atoms with Crippen LogP contribution in [0.5, 0.6) is 0 Å². The van der Waals surface area contributed by atoms with E-state index in [0.29, 0.717) is 35.9 Å². The van der Waals surface area contributed by atoms with Gasteiger partial charge in [0.1, 0.15) is 0 Å². The number of nitrogens with two attached hydrogens (primary N) is 1. The molecule has 0 heterocycles. The van der Waals surface area contributed by atoms with Gasteiger partial charge in [0.2, 0.25) is 5.91 Å². The van der Waals surface area contributed by atoms with Crippen molar-refractivity contribution >= 4 is 5.91 Å². The van der Waals surface area contributed by atoms with E-state index >= 15 is 0 Å². The van der Waals surface area contributed by atoms with Gasteiger partial charge in [-0.15, -0.1) is 0 Å². The third-order valence-electron chi connectivity index (χ3n) is 6.70. The SMILES string of the molecule is CC(C1CC1)N(C(=O)C1CC2CCCC(C1)C2N)C1CC1. The zero-order chi connectivity index (χ0) is 14.6. The predicted octanol–water partition coefficient (Wildman–Crippen LogP) is 2.93. The fourth-order valence-electron chi connectivity index (χ4n) is 5.07. The largest absolute Gasteiger partial charge is 0.336 e. The summed E-state index contributed by atoms with van der Waals surface area (Å²) in [5.74, 6) is 2.79. The minimum absolute atomic E-state index is 0.280. The molecule has 2 bridgehead atoms. The van der Waals surface area contributed by atoms with E-state index in [-0.39, 0.29) is 5.92 Å². The van der Waals surface area contributed by atoms with Crippen molar-refractivity contribution in [2.75, 3.05) is 0 Å². The lowest BCUT2D eigenvalue weighted by Gasteiger charge is -2.45. The van der Waals surface area contributed by atoms with Crippen molar-refractivity contribution in [3.05, 3.63) is 0 Å². The lowest BCUT2D eigenvalue weighted by molar-refractivity contribution is -0.141. The first-order valence-corrected chi connectivity index (χ1v) is 9.23.